The van der Waals surface area contributed by atoms with Crippen LogP contribution in [-0.4, -0.2) is 49.9 Å². The molecule has 0 radical (unpaired) electrons. The topological polar surface area (TPSA) is 68.2 Å². The van der Waals surface area contributed by atoms with Crippen molar-refractivity contribution in [3.8, 4) is 17.2 Å². The van der Waals surface area contributed by atoms with Crippen LogP contribution in [0.2, 0.25) is 5.02 Å². The molecule has 2 unspecified atom stereocenters. The molecule has 29 heavy (non-hydrogen) atoms. The smallest absolute Gasteiger partial charge is 0.320 e. The number of benzene rings is 2. The van der Waals surface area contributed by atoms with Gasteiger partial charge in [-0.05, 0) is 43.1 Å². The molecule has 1 aliphatic rings. The largest absolute Gasteiger partial charge is 0.496 e. The van der Waals surface area contributed by atoms with E-state index in [1.165, 1.54) is 0 Å². The lowest BCUT2D eigenvalue weighted by Crippen LogP contribution is -2.46. The Morgan fingerprint density at radius 3 is 2.38 bits per heavy atom. The summed E-state index contributed by atoms with van der Waals surface area (Å²) in [6.07, 6.45) is 2.41. The number of likely N-dealkylation sites (tertiary alicyclic amines) is 1. The van der Waals surface area contributed by atoms with E-state index >= 15 is 0 Å². The van der Waals surface area contributed by atoms with Crippen molar-refractivity contribution in [3.63, 3.8) is 0 Å². The third-order valence-corrected chi connectivity index (χ3v) is 5.59. The first-order valence-electron chi connectivity index (χ1n) is 9.54. The summed E-state index contributed by atoms with van der Waals surface area (Å²) < 4.78 is 16.6. The SMILES string of the molecule is COc1cc(OC)c(C(c2cccc(Cl)c2)N2CCCCC2C(=O)O)cc1OC. The number of ether oxygens (including phenoxy) is 3. The number of aliphatic carboxylic acids is 1. The molecule has 7 heteroatoms. The minimum absolute atomic E-state index is 0.357. The van der Waals surface area contributed by atoms with Crippen LogP contribution in [-0.2, 0) is 4.79 Å². The third kappa shape index (κ3) is 4.43. The van der Waals surface area contributed by atoms with Crippen molar-refractivity contribution in [1.29, 1.82) is 0 Å². The highest BCUT2D eigenvalue weighted by molar-refractivity contribution is 6.30. The molecule has 156 valence electrons. The zero-order chi connectivity index (χ0) is 21.0. The Hall–Kier alpha value is -2.44. The molecule has 3 rings (SSSR count). The second-order valence-electron chi connectivity index (χ2n) is 6.99. The lowest BCUT2D eigenvalue weighted by molar-refractivity contribution is -0.145. The molecule has 0 aliphatic carbocycles. The molecule has 0 bridgehead atoms. The van der Waals surface area contributed by atoms with Crippen LogP contribution in [0.5, 0.6) is 17.2 Å². The fraction of sp³-hybridized carbons (Fsp3) is 0.409. The number of hydrogen-bond donors (Lipinski definition) is 1. The van der Waals surface area contributed by atoms with E-state index in [9.17, 15) is 9.90 Å². The maximum atomic E-state index is 12.0. The fourth-order valence-electron chi connectivity index (χ4n) is 4.02. The molecule has 2 aromatic rings. The number of piperidine rings is 1. The molecule has 0 saturated carbocycles. The third-order valence-electron chi connectivity index (χ3n) is 5.36. The van der Waals surface area contributed by atoms with Gasteiger partial charge >= 0.3 is 5.97 Å². The van der Waals surface area contributed by atoms with Crippen molar-refractivity contribution in [2.75, 3.05) is 27.9 Å². The van der Waals surface area contributed by atoms with E-state index in [0.717, 1.165) is 24.0 Å². The molecule has 1 N–H and O–H groups in total. The Morgan fingerprint density at radius 2 is 1.76 bits per heavy atom. The standard InChI is InChI=1S/C22H26ClNO5/c1-27-18-13-20(29-3)19(28-2)12-16(18)21(14-7-6-8-15(23)11-14)24-10-5-4-9-17(24)22(25)26/h6-8,11-13,17,21H,4-5,9-10H2,1-3H3,(H,25,26). The van der Waals surface area contributed by atoms with Gasteiger partial charge in [-0.1, -0.05) is 30.2 Å². The Bertz CT molecular complexity index is 872. The summed E-state index contributed by atoms with van der Waals surface area (Å²) in [4.78, 5) is 14.0. The maximum Gasteiger partial charge on any atom is 0.320 e. The van der Waals surface area contributed by atoms with Crippen molar-refractivity contribution in [1.82, 2.24) is 4.90 Å². The summed E-state index contributed by atoms with van der Waals surface area (Å²) in [6, 6.07) is 10.2. The van der Waals surface area contributed by atoms with Crippen LogP contribution in [0.1, 0.15) is 36.4 Å². The monoisotopic (exact) mass is 419 g/mol. The number of carbonyl (C=O) groups is 1. The summed E-state index contributed by atoms with van der Waals surface area (Å²) in [5.74, 6) is 0.879. The van der Waals surface area contributed by atoms with Crippen LogP contribution < -0.4 is 14.2 Å². The Morgan fingerprint density at radius 1 is 1.07 bits per heavy atom. The molecule has 1 fully saturated rings. The molecule has 6 nitrogen and oxygen atoms in total. The molecule has 2 atom stereocenters. The fourth-order valence-corrected chi connectivity index (χ4v) is 4.22. The van der Waals surface area contributed by atoms with Gasteiger partial charge in [0.05, 0.1) is 27.4 Å². The number of carboxylic acids is 1. The molecule has 1 heterocycles. The van der Waals surface area contributed by atoms with Crippen molar-refractivity contribution in [3.05, 3.63) is 52.5 Å². The van der Waals surface area contributed by atoms with Gasteiger partial charge in [-0.3, -0.25) is 9.69 Å². The van der Waals surface area contributed by atoms with Gasteiger partial charge in [0, 0.05) is 16.7 Å². The van der Waals surface area contributed by atoms with Gasteiger partial charge in [-0.2, -0.15) is 0 Å². The van der Waals surface area contributed by atoms with Crippen LogP contribution in [0.25, 0.3) is 0 Å². The van der Waals surface area contributed by atoms with Gasteiger partial charge in [0.25, 0.3) is 0 Å². The maximum absolute atomic E-state index is 12.0. The summed E-state index contributed by atoms with van der Waals surface area (Å²) in [6.45, 7) is 0.658. The van der Waals surface area contributed by atoms with Crippen LogP contribution in [0.4, 0.5) is 0 Å². The zero-order valence-electron chi connectivity index (χ0n) is 16.9. The van der Waals surface area contributed by atoms with Gasteiger partial charge in [0.1, 0.15) is 11.8 Å². The number of nitrogens with zero attached hydrogens (tertiary/aromatic N) is 1. The molecular formula is C22H26ClNO5. The van der Waals surface area contributed by atoms with Gasteiger partial charge in [0.15, 0.2) is 11.5 Å². The van der Waals surface area contributed by atoms with E-state index < -0.39 is 12.0 Å². The summed E-state index contributed by atoms with van der Waals surface area (Å²) in [5.41, 5.74) is 1.71. The Labute approximate surface area is 175 Å². The van der Waals surface area contributed by atoms with E-state index in [4.69, 9.17) is 25.8 Å². The van der Waals surface area contributed by atoms with Crippen LogP contribution >= 0.6 is 11.6 Å². The predicted molar refractivity (Wildman–Crippen MR) is 111 cm³/mol. The van der Waals surface area contributed by atoms with E-state index in [0.29, 0.717) is 35.2 Å². The minimum atomic E-state index is -0.823. The molecule has 0 spiro atoms. The molecule has 0 aromatic heterocycles. The molecule has 2 aromatic carbocycles. The lowest BCUT2D eigenvalue weighted by Gasteiger charge is -2.40. The number of halogens is 1. The van der Waals surface area contributed by atoms with Crippen molar-refractivity contribution in [2.24, 2.45) is 0 Å². The molecule has 1 aliphatic heterocycles. The van der Waals surface area contributed by atoms with E-state index in [2.05, 4.69) is 0 Å². The van der Waals surface area contributed by atoms with E-state index in [1.807, 2.05) is 29.2 Å². The van der Waals surface area contributed by atoms with Crippen LogP contribution in [0, 0.1) is 0 Å². The second kappa shape index (κ2) is 9.37. The van der Waals surface area contributed by atoms with Crippen molar-refractivity contribution < 1.29 is 24.1 Å². The summed E-state index contributed by atoms with van der Waals surface area (Å²) in [7, 11) is 4.73. The normalized spacial score (nSPS) is 18.1. The Kier molecular flexibility index (Phi) is 6.87. The quantitative estimate of drug-likeness (QED) is 0.717. The first-order chi connectivity index (χ1) is 14.0. The van der Waals surface area contributed by atoms with Crippen LogP contribution in [0.3, 0.4) is 0 Å². The van der Waals surface area contributed by atoms with Gasteiger partial charge in [-0.15, -0.1) is 0 Å². The number of methoxy groups -OCH3 is 3. The number of carboxylic acid groups (broad SMARTS) is 1. The molecule has 0 amide bonds. The number of rotatable bonds is 7. The van der Waals surface area contributed by atoms with Gasteiger partial charge < -0.3 is 19.3 Å². The average molecular weight is 420 g/mol. The second-order valence-corrected chi connectivity index (χ2v) is 7.43. The number of hydrogen-bond acceptors (Lipinski definition) is 5. The highest BCUT2D eigenvalue weighted by atomic mass is 35.5. The molecular weight excluding hydrogens is 394 g/mol. The van der Waals surface area contributed by atoms with Crippen LogP contribution in [0.15, 0.2) is 36.4 Å². The van der Waals surface area contributed by atoms with Gasteiger partial charge in [-0.25, -0.2) is 0 Å². The summed E-state index contributed by atoms with van der Waals surface area (Å²) >= 11 is 6.28. The molecule has 1 saturated heterocycles. The van der Waals surface area contributed by atoms with E-state index in [1.54, 1.807) is 33.5 Å². The zero-order valence-corrected chi connectivity index (χ0v) is 17.6. The minimum Gasteiger partial charge on any atom is -0.496 e. The Balaban J connectivity index is 2.22. The van der Waals surface area contributed by atoms with Gasteiger partial charge in [0.2, 0.25) is 0 Å². The highest BCUT2D eigenvalue weighted by Gasteiger charge is 2.37. The van der Waals surface area contributed by atoms with Crippen molar-refractivity contribution in [2.45, 2.75) is 31.3 Å². The van der Waals surface area contributed by atoms with Crippen molar-refractivity contribution >= 4 is 17.6 Å². The highest BCUT2D eigenvalue weighted by Crippen LogP contribution is 2.43. The summed E-state index contributed by atoms with van der Waals surface area (Å²) in [5, 5.41) is 10.5. The first-order valence-corrected chi connectivity index (χ1v) is 9.91. The van der Waals surface area contributed by atoms with E-state index in [-0.39, 0.29) is 6.04 Å². The lowest BCUT2D eigenvalue weighted by atomic mass is 9.91. The average Bonchev–Trinajstić information content (AvgIpc) is 2.73. The predicted octanol–water partition coefficient (Wildman–Crippen LogP) is 4.39. The first kappa shape index (κ1) is 21.3.